The molecule has 10 aromatic rings. The summed E-state index contributed by atoms with van der Waals surface area (Å²) >= 11 is 1.88. The van der Waals surface area contributed by atoms with Crippen molar-refractivity contribution in [2.75, 3.05) is 4.90 Å². The Balaban J connectivity index is 1.27. The fourth-order valence-corrected chi connectivity index (χ4v) is 8.63. The molecular weight excluding hydrogens is 599 g/mol. The number of nitrogens with zero attached hydrogens (tertiary/aromatic N) is 1. The molecule has 9 aromatic carbocycles. The van der Waals surface area contributed by atoms with Crippen molar-refractivity contribution >= 4 is 91.7 Å². The van der Waals surface area contributed by atoms with Crippen LogP contribution >= 0.6 is 11.3 Å². The van der Waals surface area contributed by atoms with E-state index in [1.165, 1.54) is 80.1 Å². The molecule has 48 heavy (non-hydrogen) atoms. The van der Waals surface area contributed by atoms with Crippen LogP contribution in [0.1, 0.15) is 0 Å². The summed E-state index contributed by atoms with van der Waals surface area (Å²) in [6, 6.07) is 64.6. The number of hydrogen-bond acceptors (Lipinski definition) is 2. The summed E-state index contributed by atoms with van der Waals surface area (Å²) in [5.74, 6) is 0. The SMILES string of the molecule is c1ccc(-c2cccc(N(c3ccc4sc5cc6ccccc6cc5c4c3)c3cc4ccc5ccccc5c4c4ccccc34)c2)cc1. The molecule has 10 rings (SSSR count). The van der Waals surface area contributed by atoms with E-state index < -0.39 is 0 Å². The first-order valence-electron chi connectivity index (χ1n) is 16.4. The van der Waals surface area contributed by atoms with Crippen LogP contribution in [-0.4, -0.2) is 0 Å². The van der Waals surface area contributed by atoms with Crippen LogP contribution < -0.4 is 4.90 Å². The maximum atomic E-state index is 2.47. The molecule has 0 aliphatic carbocycles. The van der Waals surface area contributed by atoms with Crippen molar-refractivity contribution in [3.63, 3.8) is 0 Å². The lowest BCUT2D eigenvalue weighted by Crippen LogP contribution is -2.10. The fourth-order valence-electron chi connectivity index (χ4n) is 7.52. The molecule has 0 fully saturated rings. The molecule has 0 saturated carbocycles. The molecule has 0 saturated heterocycles. The lowest BCUT2D eigenvalue weighted by atomic mass is 9.94. The van der Waals surface area contributed by atoms with E-state index in [2.05, 4.69) is 181 Å². The van der Waals surface area contributed by atoms with E-state index in [1.807, 2.05) is 11.3 Å². The van der Waals surface area contributed by atoms with Crippen molar-refractivity contribution in [2.45, 2.75) is 0 Å². The molecule has 1 nitrogen and oxygen atoms in total. The maximum absolute atomic E-state index is 2.47. The first-order chi connectivity index (χ1) is 23.8. The molecule has 0 aliphatic rings. The smallest absolute Gasteiger partial charge is 0.0546 e. The molecule has 0 aliphatic heterocycles. The van der Waals surface area contributed by atoms with Gasteiger partial charge in [-0.2, -0.15) is 0 Å². The fraction of sp³-hybridized carbons (Fsp3) is 0. The normalized spacial score (nSPS) is 11.8. The predicted octanol–water partition coefficient (Wildman–Crippen LogP) is 13.8. The minimum absolute atomic E-state index is 1.13. The van der Waals surface area contributed by atoms with Crippen LogP contribution in [0.15, 0.2) is 176 Å². The molecule has 0 unspecified atom stereocenters. The number of hydrogen-bond donors (Lipinski definition) is 0. The van der Waals surface area contributed by atoms with E-state index in [9.17, 15) is 0 Å². The van der Waals surface area contributed by atoms with Gasteiger partial charge >= 0.3 is 0 Å². The van der Waals surface area contributed by atoms with Gasteiger partial charge in [-0.3, -0.25) is 0 Å². The van der Waals surface area contributed by atoms with Crippen LogP contribution in [0.4, 0.5) is 17.1 Å². The second kappa shape index (κ2) is 10.8. The van der Waals surface area contributed by atoms with Gasteiger partial charge in [0.1, 0.15) is 0 Å². The number of anilines is 3. The minimum atomic E-state index is 1.13. The van der Waals surface area contributed by atoms with Gasteiger partial charge in [-0.15, -0.1) is 11.3 Å². The lowest BCUT2D eigenvalue weighted by Gasteiger charge is -2.28. The van der Waals surface area contributed by atoms with Gasteiger partial charge in [0.15, 0.2) is 0 Å². The van der Waals surface area contributed by atoms with Crippen molar-refractivity contribution in [3.8, 4) is 11.1 Å². The number of rotatable bonds is 4. The molecule has 2 heteroatoms. The highest BCUT2D eigenvalue weighted by molar-refractivity contribution is 7.25. The van der Waals surface area contributed by atoms with Crippen molar-refractivity contribution in [1.29, 1.82) is 0 Å². The summed E-state index contributed by atoms with van der Waals surface area (Å²) < 4.78 is 2.62. The van der Waals surface area contributed by atoms with E-state index in [0.29, 0.717) is 0 Å². The van der Waals surface area contributed by atoms with Crippen LogP contribution in [0.3, 0.4) is 0 Å². The average Bonchev–Trinajstić information content (AvgIpc) is 3.51. The van der Waals surface area contributed by atoms with Gasteiger partial charge in [-0.05, 0) is 97.4 Å². The Morgan fingerprint density at radius 2 is 0.979 bits per heavy atom. The van der Waals surface area contributed by atoms with Crippen LogP contribution in [-0.2, 0) is 0 Å². The maximum Gasteiger partial charge on any atom is 0.0546 e. The zero-order valence-electron chi connectivity index (χ0n) is 26.1. The van der Waals surface area contributed by atoms with Crippen molar-refractivity contribution < 1.29 is 0 Å². The summed E-state index contributed by atoms with van der Waals surface area (Å²) in [6.45, 7) is 0. The molecule has 0 N–H and O–H groups in total. The Hall–Kier alpha value is -5.96. The Morgan fingerprint density at radius 1 is 0.333 bits per heavy atom. The Kier molecular flexibility index (Phi) is 6.12. The topological polar surface area (TPSA) is 3.24 Å². The van der Waals surface area contributed by atoms with Gasteiger partial charge in [0.25, 0.3) is 0 Å². The van der Waals surface area contributed by atoms with Gasteiger partial charge in [0.2, 0.25) is 0 Å². The molecule has 1 aromatic heterocycles. The van der Waals surface area contributed by atoms with E-state index in [0.717, 1.165) is 11.4 Å². The highest BCUT2D eigenvalue weighted by atomic mass is 32.1. The molecule has 0 bridgehead atoms. The van der Waals surface area contributed by atoms with Crippen molar-refractivity contribution in [1.82, 2.24) is 0 Å². The second-order valence-electron chi connectivity index (χ2n) is 12.6. The Labute approximate surface area is 282 Å². The first-order valence-corrected chi connectivity index (χ1v) is 17.2. The Morgan fingerprint density at radius 3 is 1.83 bits per heavy atom. The number of benzene rings is 9. The number of fused-ring (bicyclic) bond motifs is 9. The highest BCUT2D eigenvalue weighted by Crippen LogP contribution is 2.46. The zero-order valence-corrected chi connectivity index (χ0v) is 26.9. The third-order valence-electron chi connectivity index (χ3n) is 9.76. The average molecular weight is 628 g/mol. The van der Waals surface area contributed by atoms with E-state index in [4.69, 9.17) is 0 Å². The summed E-state index contributed by atoms with van der Waals surface area (Å²) in [7, 11) is 0. The predicted molar refractivity (Wildman–Crippen MR) is 209 cm³/mol. The standard InChI is InChI=1S/C46H29NS/c1-2-11-30(12-3-1)32-16-10-17-36(25-32)47(37-23-24-44-42(29-37)41-26-33-14-4-5-15-34(33)28-45(41)48-44)43-27-35-22-21-31-13-6-7-18-38(31)46(35)40-20-9-8-19-39(40)43/h1-29H. The third kappa shape index (κ3) is 4.31. The van der Waals surface area contributed by atoms with Crippen LogP contribution in [0, 0.1) is 0 Å². The van der Waals surface area contributed by atoms with Gasteiger partial charge in [0, 0.05) is 36.9 Å². The molecule has 0 spiro atoms. The summed E-state index contributed by atoms with van der Waals surface area (Å²) in [4.78, 5) is 2.47. The highest BCUT2D eigenvalue weighted by Gasteiger charge is 2.20. The zero-order chi connectivity index (χ0) is 31.6. The molecular formula is C46H29NS. The molecule has 0 atom stereocenters. The number of thiophene rings is 1. The molecule has 224 valence electrons. The van der Waals surface area contributed by atoms with E-state index in [1.54, 1.807) is 0 Å². The van der Waals surface area contributed by atoms with Gasteiger partial charge in [-0.1, -0.05) is 127 Å². The third-order valence-corrected chi connectivity index (χ3v) is 10.9. The minimum Gasteiger partial charge on any atom is -0.310 e. The van der Waals surface area contributed by atoms with Gasteiger partial charge in [-0.25, -0.2) is 0 Å². The molecule has 0 amide bonds. The van der Waals surface area contributed by atoms with Crippen LogP contribution in [0.2, 0.25) is 0 Å². The van der Waals surface area contributed by atoms with Crippen LogP contribution in [0.5, 0.6) is 0 Å². The summed E-state index contributed by atoms with van der Waals surface area (Å²) in [5, 5.41) is 12.7. The van der Waals surface area contributed by atoms with Crippen LogP contribution in [0.25, 0.3) is 74.4 Å². The summed E-state index contributed by atoms with van der Waals surface area (Å²) in [6.07, 6.45) is 0. The second-order valence-corrected chi connectivity index (χ2v) is 13.6. The first kappa shape index (κ1) is 27.2. The molecule has 1 heterocycles. The quantitative estimate of drug-likeness (QED) is 0.176. The summed E-state index contributed by atoms with van der Waals surface area (Å²) in [5.41, 5.74) is 5.85. The monoisotopic (exact) mass is 627 g/mol. The van der Waals surface area contributed by atoms with Gasteiger partial charge in [0.05, 0.1) is 5.69 Å². The van der Waals surface area contributed by atoms with Crippen molar-refractivity contribution in [2.24, 2.45) is 0 Å². The van der Waals surface area contributed by atoms with Gasteiger partial charge < -0.3 is 4.90 Å². The van der Waals surface area contributed by atoms with Crippen molar-refractivity contribution in [3.05, 3.63) is 176 Å². The van der Waals surface area contributed by atoms with E-state index in [-0.39, 0.29) is 0 Å². The lowest BCUT2D eigenvalue weighted by molar-refractivity contribution is 1.31. The Bertz CT molecular complexity index is 2850. The molecule has 0 radical (unpaired) electrons. The van der Waals surface area contributed by atoms with E-state index >= 15 is 0 Å². The largest absolute Gasteiger partial charge is 0.310 e.